The van der Waals surface area contributed by atoms with E-state index in [1.807, 2.05) is 18.7 Å². The lowest BCUT2D eigenvalue weighted by molar-refractivity contribution is -0.0779. The molecule has 5 heteroatoms. The van der Waals surface area contributed by atoms with Gasteiger partial charge in [0.15, 0.2) is 0 Å². The fourth-order valence-corrected chi connectivity index (χ4v) is 3.25. The van der Waals surface area contributed by atoms with Crippen molar-refractivity contribution in [2.75, 3.05) is 32.7 Å². The van der Waals surface area contributed by atoms with Crippen molar-refractivity contribution in [3.8, 4) is 12.3 Å². The Balaban J connectivity index is 1.87. The van der Waals surface area contributed by atoms with Gasteiger partial charge in [-0.15, -0.1) is 6.42 Å². The minimum absolute atomic E-state index is 0.182. The summed E-state index contributed by atoms with van der Waals surface area (Å²) in [5, 5.41) is 10.4. The van der Waals surface area contributed by atoms with Gasteiger partial charge in [0, 0.05) is 32.7 Å². The summed E-state index contributed by atoms with van der Waals surface area (Å²) in [6, 6.07) is 6.37. The van der Waals surface area contributed by atoms with Crippen LogP contribution in [0.4, 0.5) is 4.39 Å². The maximum atomic E-state index is 13.0. The zero-order valence-electron chi connectivity index (χ0n) is 14.5. The number of aliphatic hydroxyl groups is 1. The Kier molecular flexibility index (Phi) is 7.19. The van der Waals surface area contributed by atoms with Gasteiger partial charge in [-0.1, -0.05) is 18.1 Å². The van der Waals surface area contributed by atoms with Crippen LogP contribution in [0.1, 0.15) is 19.4 Å². The van der Waals surface area contributed by atoms with E-state index in [9.17, 15) is 9.50 Å². The van der Waals surface area contributed by atoms with Crippen LogP contribution in [0, 0.1) is 18.2 Å². The van der Waals surface area contributed by atoms with Crippen LogP contribution in [0.25, 0.3) is 0 Å². The van der Waals surface area contributed by atoms with E-state index in [0.717, 1.165) is 18.7 Å². The van der Waals surface area contributed by atoms with Crippen molar-refractivity contribution in [3.63, 3.8) is 0 Å². The minimum Gasteiger partial charge on any atom is -0.390 e. The van der Waals surface area contributed by atoms with Crippen LogP contribution in [0.5, 0.6) is 0 Å². The van der Waals surface area contributed by atoms with E-state index in [1.54, 1.807) is 12.1 Å². The first-order valence-corrected chi connectivity index (χ1v) is 8.42. The summed E-state index contributed by atoms with van der Waals surface area (Å²) in [6.45, 7) is 7.89. The highest BCUT2D eigenvalue weighted by atomic mass is 19.1. The predicted octanol–water partition coefficient (Wildman–Crippen LogP) is 1.73. The summed E-state index contributed by atoms with van der Waals surface area (Å²) in [6.07, 6.45) is 5.32. The van der Waals surface area contributed by atoms with Crippen molar-refractivity contribution in [2.24, 2.45) is 0 Å². The van der Waals surface area contributed by atoms with Gasteiger partial charge in [0.25, 0.3) is 0 Å². The number of β-amino-alcohol motifs (C(OH)–C–C–N with tert-alkyl or cyclic N) is 1. The molecule has 0 amide bonds. The lowest BCUT2D eigenvalue weighted by Gasteiger charge is -2.36. The maximum absolute atomic E-state index is 13.0. The normalized spacial score (nSPS) is 23.2. The summed E-state index contributed by atoms with van der Waals surface area (Å²) in [5.41, 5.74) is 0.979. The van der Waals surface area contributed by atoms with Gasteiger partial charge in [-0.05, 0) is 31.5 Å². The highest BCUT2D eigenvalue weighted by Gasteiger charge is 2.24. The van der Waals surface area contributed by atoms with E-state index in [4.69, 9.17) is 11.2 Å². The van der Waals surface area contributed by atoms with Crippen molar-refractivity contribution in [1.29, 1.82) is 0 Å². The van der Waals surface area contributed by atoms with E-state index in [2.05, 4.69) is 10.8 Å². The molecule has 3 unspecified atom stereocenters. The summed E-state index contributed by atoms with van der Waals surface area (Å²) in [4.78, 5) is 4.24. The third-order valence-electron chi connectivity index (χ3n) is 4.07. The maximum Gasteiger partial charge on any atom is 0.123 e. The second kappa shape index (κ2) is 9.14. The number of aliphatic hydroxyl groups excluding tert-OH is 1. The SMILES string of the molecule is C#CCN(Cc1ccc(F)cc1)CC(O)CN1CC(C)OC(C)C1. The Hall–Kier alpha value is -1.45. The topological polar surface area (TPSA) is 35.9 Å². The number of halogens is 1. The van der Waals surface area contributed by atoms with E-state index < -0.39 is 6.10 Å². The molecule has 3 atom stereocenters. The molecule has 0 aromatic heterocycles. The largest absolute Gasteiger partial charge is 0.390 e. The van der Waals surface area contributed by atoms with Gasteiger partial charge in [0.05, 0.1) is 24.9 Å². The lowest BCUT2D eigenvalue weighted by atomic mass is 10.1. The zero-order valence-corrected chi connectivity index (χ0v) is 14.5. The van der Waals surface area contributed by atoms with Crippen LogP contribution >= 0.6 is 0 Å². The first kappa shape index (κ1) is 18.9. The molecule has 1 aliphatic rings. The van der Waals surface area contributed by atoms with Crippen LogP contribution in [-0.2, 0) is 11.3 Å². The summed E-state index contributed by atoms with van der Waals surface area (Å²) < 4.78 is 18.7. The average molecular weight is 334 g/mol. The lowest BCUT2D eigenvalue weighted by Crippen LogP contribution is -2.49. The van der Waals surface area contributed by atoms with E-state index >= 15 is 0 Å². The van der Waals surface area contributed by atoms with Gasteiger partial charge in [-0.2, -0.15) is 0 Å². The molecule has 0 saturated carbocycles. The van der Waals surface area contributed by atoms with Gasteiger partial charge >= 0.3 is 0 Å². The molecule has 1 aliphatic heterocycles. The quantitative estimate of drug-likeness (QED) is 0.771. The first-order valence-electron chi connectivity index (χ1n) is 8.42. The Bertz CT molecular complexity index is 533. The van der Waals surface area contributed by atoms with Crippen molar-refractivity contribution in [2.45, 2.75) is 38.7 Å². The smallest absolute Gasteiger partial charge is 0.123 e. The third-order valence-corrected chi connectivity index (χ3v) is 4.07. The summed E-state index contributed by atoms with van der Waals surface area (Å²) >= 11 is 0. The molecule has 1 N–H and O–H groups in total. The van der Waals surface area contributed by atoms with Gasteiger partial charge in [-0.25, -0.2) is 4.39 Å². The number of hydrogen-bond acceptors (Lipinski definition) is 4. The standard InChI is InChI=1S/C19H27FN2O2/c1-4-9-21(12-17-5-7-18(20)8-6-17)13-19(23)14-22-10-15(2)24-16(3)11-22/h1,5-8,15-16,19,23H,9-14H2,2-3H3. The molecule has 0 bridgehead atoms. The molecule has 24 heavy (non-hydrogen) atoms. The van der Waals surface area contributed by atoms with Crippen molar-refractivity contribution in [1.82, 2.24) is 9.80 Å². The van der Waals surface area contributed by atoms with Crippen molar-refractivity contribution in [3.05, 3.63) is 35.6 Å². The predicted molar refractivity (Wildman–Crippen MR) is 93.0 cm³/mol. The van der Waals surface area contributed by atoms with E-state index in [1.165, 1.54) is 12.1 Å². The third kappa shape index (κ3) is 6.21. The fourth-order valence-electron chi connectivity index (χ4n) is 3.25. The number of ether oxygens (including phenoxy) is 1. The van der Waals surface area contributed by atoms with Crippen LogP contribution in [-0.4, -0.2) is 65.9 Å². The van der Waals surface area contributed by atoms with Crippen molar-refractivity contribution < 1.29 is 14.2 Å². The second-order valence-corrected chi connectivity index (χ2v) is 6.63. The number of terminal acetylenes is 1. The summed E-state index contributed by atoms with van der Waals surface area (Å²) in [7, 11) is 0. The number of benzene rings is 1. The Morgan fingerprint density at radius 2 is 1.96 bits per heavy atom. The minimum atomic E-state index is -0.490. The van der Waals surface area contributed by atoms with Gasteiger partial charge in [-0.3, -0.25) is 9.80 Å². The highest BCUT2D eigenvalue weighted by Crippen LogP contribution is 2.12. The molecular weight excluding hydrogens is 307 g/mol. The molecular formula is C19H27FN2O2. The molecule has 1 aromatic rings. The fraction of sp³-hybridized carbons (Fsp3) is 0.579. The molecule has 1 fully saturated rings. The van der Waals surface area contributed by atoms with Gasteiger partial charge in [0.1, 0.15) is 5.82 Å². The van der Waals surface area contributed by atoms with Gasteiger partial charge < -0.3 is 9.84 Å². The average Bonchev–Trinajstić information content (AvgIpc) is 2.48. The zero-order chi connectivity index (χ0) is 17.5. The molecule has 0 radical (unpaired) electrons. The molecule has 1 saturated heterocycles. The molecule has 2 rings (SSSR count). The molecule has 132 valence electrons. The van der Waals surface area contributed by atoms with Gasteiger partial charge in [0.2, 0.25) is 0 Å². The molecule has 1 heterocycles. The Labute approximate surface area is 144 Å². The molecule has 0 spiro atoms. The van der Waals surface area contributed by atoms with Crippen LogP contribution in [0.15, 0.2) is 24.3 Å². The van der Waals surface area contributed by atoms with E-state index in [-0.39, 0.29) is 18.0 Å². The number of morpholine rings is 1. The number of nitrogens with zero attached hydrogens (tertiary/aromatic N) is 2. The second-order valence-electron chi connectivity index (χ2n) is 6.63. The molecule has 4 nitrogen and oxygen atoms in total. The monoisotopic (exact) mass is 334 g/mol. The van der Waals surface area contributed by atoms with E-state index in [0.29, 0.717) is 26.2 Å². The number of hydrogen-bond donors (Lipinski definition) is 1. The van der Waals surface area contributed by atoms with Crippen LogP contribution in [0.2, 0.25) is 0 Å². The summed E-state index contributed by atoms with van der Waals surface area (Å²) in [5.74, 6) is 2.38. The van der Waals surface area contributed by atoms with Crippen molar-refractivity contribution >= 4 is 0 Å². The highest BCUT2D eigenvalue weighted by molar-refractivity contribution is 5.16. The first-order chi connectivity index (χ1) is 11.5. The Morgan fingerprint density at radius 3 is 2.54 bits per heavy atom. The molecule has 0 aliphatic carbocycles. The Morgan fingerprint density at radius 1 is 1.33 bits per heavy atom. The van der Waals surface area contributed by atoms with Crippen LogP contribution in [0.3, 0.4) is 0 Å². The number of rotatable bonds is 7. The van der Waals surface area contributed by atoms with Crippen LogP contribution < -0.4 is 0 Å². The molecule has 1 aromatic carbocycles.